The molecule has 1 aromatic heterocycles. The maximum atomic E-state index is 12.7. The van der Waals surface area contributed by atoms with Gasteiger partial charge in [-0.1, -0.05) is 18.2 Å². The zero-order chi connectivity index (χ0) is 23.5. The summed E-state index contributed by atoms with van der Waals surface area (Å²) < 4.78 is 10.6. The molecule has 1 N–H and O–H groups in total. The van der Waals surface area contributed by atoms with Crippen LogP contribution in [0.25, 0.3) is 17.4 Å². The molecule has 1 aliphatic rings. The highest BCUT2D eigenvalue weighted by molar-refractivity contribution is 8.18. The van der Waals surface area contributed by atoms with E-state index >= 15 is 0 Å². The third-order valence-electron chi connectivity index (χ3n) is 4.81. The number of esters is 1. The molecule has 0 atom stereocenters. The van der Waals surface area contributed by atoms with E-state index in [1.807, 2.05) is 0 Å². The van der Waals surface area contributed by atoms with Gasteiger partial charge in [0, 0.05) is 18.7 Å². The number of carboxylic acids is 1. The smallest absolute Gasteiger partial charge is 0.337 e. The lowest BCUT2D eigenvalue weighted by atomic mass is 10.1. The lowest BCUT2D eigenvalue weighted by Gasteiger charge is -2.07. The molecule has 2 heterocycles. The van der Waals surface area contributed by atoms with Crippen molar-refractivity contribution >= 4 is 46.5 Å². The van der Waals surface area contributed by atoms with Crippen molar-refractivity contribution in [3.8, 4) is 11.3 Å². The summed E-state index contributed by atoms with van der Waals surface area (Å²) in [5, 5.41) is 9.58. The number of methoxy groups -OCH3 is 1. The summed E-state index contributed by atoms with van der Waals surface area (Å²) >= 11 is 1.17. The molecule has 0 bridgehead atoms. The van der Waals surface area contributed by atoms with Gasteiger partial charge in [-0.3, -0.25) is 9.69 Å². The Hall–Kier alpha value is -4.11. The molecule has 33 heavy (non-hydrogen) atoms. The minimum Gasteiger partial charge on any atom is -0.478 e. The van der Waals surface area contributed by atoms with Crippen LogP contribution in [0.15, 0.2) is 75.0 Å². The van der Waals surface area contributed by atoms with Crippen LogP contribution in [0.5, 0.6) is 0 Å². The van der Waals surface area contributed by atoms with E-state index in [0.717, 1.165) is 5.56 Å². The van der Waals surface area contributed by atoms with E-state index in [1.165, 1.54) is 35.9 Å². The van der Waals surface area contributed by atoms with Crippen molar-refractivity contribution in [2.24, 2.45) is 4.99 Å². The molecule has 0 radical (unpaired) electrons. The average Bonchev–Trinajstić information content (AvgIpc) is 3.39. The second kappa shape index (κ2) is 9.17. The standard InChI is InChI=1S/C24H18N2O6S/c1-26-21(27)20(33-24(26)25-17-5-3-4-16(12-17)22(28)29)13-18-10-11-19(32-18)14-6-8-15(9-7-14)23(30)31-2/h3-13H,1-2H3,(H,28,29)/b20-13+,25-24?. The normalized spacial score (nSPS) is 15.9. The summed E-state index contributed by atoms with van der Waals surface area (Å²) in [7, 11) is 2.93. The average molecular weight is 462 g/mol. The fourth-order valence-corrected chi connectivity index (χ4v) is 4.04. The number of carbonyl (C=O) groups is 3. The lowest BCUT2D eigenvalue weighted by molar-refractivity contribution is -0.121. The molecule has 1 amide bonds. The van der Waals surface area contributed by atoms with Gasteiger partial charge >= 0.3 is 11.9 Å². The van der Waals surface area contributed by atoms with E-state index in [-0.39, 0.29) is 11.5 Å². The number of rotatable bonds is 5. The molecule has 1 saturated heterocycles. The Morgan fingerprint density at radius 2 is 1.85 bits per heavy atom. The molecule has 4 rings (SSSR count). The van der Waals surface area contributed by atoms with Crippen LogP contribution in [0.4, 0.5) is 5.69 Å². The van der Waals surface area contributed by atoms with Crippen LogP contribution in [-0.2, 0) is 9.53 Å². The van der Waals surface area contributed by atoms with Gasteiger partial charge < -0.3 is 14.3 Å². The molecular weight excluding hydrogens is 444 g/mol. The van der Waals surface area contributed by atoms with Crippen molar-refractivity contribution in [3.05, 3.63) is 82.5 Å². The number of likely N-dealkylation sites (N-methyl/N-ethyl adjacent to an activating group) is 1. The number of aromatic carboxylic acids is 1. The van der Waals surface area contributed by atoms with Gasteiger partial charge in [0.05, 0.1) is 28.8 Å². The first-order valence-electron chi connectivity index (χ1n) is 9.74. The number of amidine groups is 1. The Bertz CT molecular complexity index is 1310. The highest BCUT2D eigenvalue weighted by atomic mass is 32.2. The molecular formula is C24H18N2O6S. The number of hydrogen-bond donors (Lipinski definition) is 1. The fourth-order valence-electron chi connectivity index (χ4n) is 3.07. The first-order valence-corrected chi connectivity index (χ1v) is 10.6. The summed E-state index contributed by atoms with van der Waals surface area (Å²) in [4.78, 5) is 41.7. The van der Waals surface area contributed by atoms with Crippen LogP contribution in [0.2, 0.25) is 0 Å². The summed E-state index contributed by atoms with van der Waals surface area (Å²) in [5.41, 5.74) is 1.77. The van der Waals surface area contributed by atoms with Crippen LogP contribution in [0.3, 0.4) is 0 Å². The molecule has 1 fully saturated rings. The predicted molar refractivity (Wildman–Crippen MR) is 124 cm³/mol. The lowest BCUT2D eigenvalue weighted by Crippen LogP contribution is -2.23. The summed E-state index contributed by atoms with van der Waals surface area (Å²) in [6, 6.07) is 16.5. The van der Waals surface area contributed by atoms with E-state index in [9.17, 15) is 14.4 Å². The third kappa shape index (κ3) is 4.73. The van der Waals surface area contributed by atoms with Crippen LogP contribution >= 0.6 is 11.8 Å². The number of ether oxygens (including phenoxy) is 1. The monoisotopic (exact) mass is 462 g/mol. The molecule has 166 valence electrons. The summed E-state index contributed by atoms with van der Waals surface area (Å²) in [6.45, 7) is 0. The van der Waals surface area contributed by atoms with E-state index in [0.29, 0.717) is 32.8 Å². The number of furan rings is 1. The topological polar surface area (TPSA) is 109 Å². The predicted octanol–water partition coefficient (Wildman–Crippen LogP) is 4.67. The molecule has 1 aliphatic heterocycles. The number of carboxylic acid groups (broad SMARTS) is 1. The maximum absolute atomic E-state index is 12.7. The van der Waals surface area contributed by atoms with Crippen molar-refractivity contribution in [2.45, 2.75) is 0 Å². The minimum absolute atomic E-state index is 0.118. The summed E-state index contributed by atoms with van der Waals surface area (Å²) in [5.74, 6) is -0.635. The van der Waals surface area contributed by atoms with Crippen LogP contribution < -0.4 is 0 Å². The van der Waals surface area contributed by atoms with Crippen molar-refractivity contribution in [2.75, 3.05) is 14.2 Å². The molecule has 0 saturated carbocycles. The number of hydrogen-bond acceptors (Lipinski definition) is 7. The highest BCUT2D eigenvalue weighted by Crippen LogP contribution is 2.34. The minimum atomic E-state index is -1.05. The van der Waals surface area contributed by atoms with E-state index < -0.39 is 11.9 Å². The Morgan fingerprint density at radius 1 is 1.09 bits per heavy atom. The molecule has 0 spiro atoms. The first kappa shape index (κ1) is 22.1. The van der Waals surface area contributed by atoms with Crippen LogP contribution in [0.1, 0.15) is 26.5 Å². The van der Waals surface area contributed by atoms with Gasteiger partial charge in [-0.15, -0.1) is 0 Å². The Kier molecular flexibility index (Phi) is 6.14. The SMILES string of the molecule is COC(=O)c1ccc(-c2ccc(/C=C3/SC(=Nc4cccc(C(=O)O)c4)N(C)C3=O)o2)cc1. The van der Waals surface area contributed by atoms with E-state index in [2.05, 4.69) is 4.99 Å². The van der Waals surface area contributed by atoms with Gasteiger partial charge in [-0.2, -0.15) is 0 Å². The Balaban J connectivity index is 1.55. The van der Waals surface area contributed by atoms with Gasteiger partial charge in [-0.25, -0.2) is 14.6 Å². The number of benzene rings is 2. The Labute approximate surface area is 193 Å². The maximum Gasteiger partial charge on any atom is 0.337 e. The number of nitrogens with zero attached hydrogens (tertiary/aromatic N) is 2. The molecule has 0 aliphatic carbocycles. The van der Waals surface area contributed by atoms with Gasteiger partial charge in [-0.05, 0) is 54.2 Å². The zero-order valence-corrected chi connectivity index (χ0v) is 18.5. The molecule has 3 aromatic rings. The number of thioether (sulfide) groups is 1. The molecule has 2 aromatic carbocycles. The van der Waals surface area contributed by atoms with E-state index in [4.69, 9.17) is 14.3 Å². The number of amides is 1. The largest absolute Gasteiger partial charge is 0.478 e. The van der Waals surface area contributed by atoms with E-state index in [1.54, 1.807) is 61.7 Å². The van der Waals surface area contributed by atoms with Crippen LogP contribution in [0, 0.1) is 0 Å². The zero-order valence-electron chi connectivity index (χ0n) is 17.6. The van der Waals surface area contributed by atoms with Crippen LogP contribution in [-0.4, -0.2) is 47.2 Å². The Morgan fingerprint density at radius 3 is 2.55 bits per heavy atom. The molecule has 0 unspecified atom stereocenters. The first-order chi connectivity index (χ1) is 15.9. The van der Waals surface area contributed by atoms with Crippen molar-refractivity contribution in [3.63, 3.8) is 0 Å². The summed E-state index contributed by atoms with van der Waals surface area (Å²) in [6.07, 6.45) is 1.63. The van der Waals surface area contributed by atoms with Gasteiger partial charge in [0.25, 0.3) is 5.91 Å². The van der Waals surface area contributed by atoms with Gasteiger partial charge in [0.1, 0.15) is 11.5 Å². The van der Waals surface area contributed by atoms with Gasteiger partial charge in [0.2, 0.25) is 0 Å². The fraction of sp³-hybridized carbons (Fsp3) is 0.0833. The second-order valence-corrected chi connectivity index (χ2v) is 8.00. The van der Waals surface area contributed by atoms with Crippen molar-refractivity contribution in [1.82, 2.24) is 4.90 Å². The van der Waals surface area contributed by atoms with Gasteiger partial charge in [0.15, 0.2) is 5.17 Å². The molecule has 9 heteroatoms. The van der Waals surface area contributed by atoms with Crippen molar-refractivity contribution in [1.29, 1.82) is 0 Å². The number of carbonyl (C=O) groups excluding carboxylic acids is 2. The quantitative estimate of drug-likeness (QED) is 0.434. The van der Waals surface area contributed by atoms with Crippen molar-refractivity contribution < 1.29 is 28.6 Å². The molecule has 8 nitrogen and oxygen atoms in total. The second-order valence-electron chi connectivity index (χ2n) is 7.00. The highest BCUT2D eigenvalue weighted by Gasteiger charge is 2.30. The number of aliphatic imine (C=N–C) groups is 1. The third-order valence-corrected chi connectivity index (χ3v) is 5.87.